The van der Waals surface area contributed by atoms with Crippen molar-refractivity contribution in [2.24, 2.45) is 0 Å². The third kappa shape index (κ3) is 2.13. The number of nitrogens with zero attached hydrogens (tertiary/aromatic N) is 1. The van der Waals surface area contributed by atoms with Gasteiger partial charge in [-0.1, -0.05) is 0 Å². The maximum absolute atomic E-state index is 12.2. The zero-order valence-electron chi connectivity index (χ0n) is 10.7. The van der Waals surface area contributed by atoms with E-state index in [0.29, 0.717) is 17.3 Å². The minimum Gasteiger partial charge on any atom is -0.465 e. The SMILES string of the molecule is Cc1cc(S(=O)(=O)Nc2n[nH]c(C)c2C)c(C)o1. The number of aromatic amines is 1. The quantitative estimate of drug-likeness (QED) is 0.892. The van der Waals surface area contributed by atoms with Crippen LogP contribution in [0.25, 0.3) is 0 Å². The van der Waals surface area contributed by atoms with Gasteiger partial charge in [0, 0.05) is 17.3 Å². The molecule has 0 aliphatic carbocycles. The van der Waals surface area contributed by atoms with Gasteiger partial charge in [-0.15, -0.1) is 0 Å². The normalized spacial score (nSPS) is 11.8. The van der Waals surface area contributed by atoms with Crippen LogP contribution in [-0.2, 0) is 10.0 Å². The van der Waals surface area contributed by atoms with E-state index in [0.717, 1.165) is 11.3 Å². The number of H-pyrrole nitrogens is 1. The first-order chi connectivity index (χ1) is 8.31. The van der Waals surface area contributed by atoms with Crippen LogP contribution in [-0.4, -0.2) is 18.6 Å². The maximum Gasteiger partial charge on any atom is 0.266 e. The van der Waals surface area contributed by atoms with Crippen LogP contribution in [0.4, 0.5) is 5.82 Å². The second-order valence-electron chi connectivity index (χ2n) is 4.21. The molecule has 7 heteroatoms. The maximum atomic E-state index is 12.2. The van der Waals surface area contributed by atoms with E-state index < -0.39 is 10.0 Å². The second kappa shape index (κ2) is 4.16. The third-order valence-corrected chi connectivity index (χ3v) is 4.22. The zero-order chi connectivity index (χ0) is 13.5. The minimum atomic E-state index is -3.66. The molecule has 0 saturated heterocycles. The lowest BCUT2D eigenvalue weighted by Gasteiger charge is -2.04. The Kier molecular flexibility index (Phi) is 2.94. The molecular weight excluding hydrogens is 254 g/mol. The van der Waals surface area contributed by atoms with Gasteiger partial charge in [-0.2, -0.15) is 5.10 Å². The summed E-state index contributed by atoms with van der Waals surface area (Å²) in [6, 6.07) is 1.49. The Bertz CT molecular complexity index is 682. The summed E-state index contributed by atoms with van der Waals surface area (Å²) in [5, 5.41) is 6.65. The Morgan fingerprint density at radius 2 is 1.94 bits per heavy atom. The summed E-state index contributed by atoms with van der Waals surface area (Å²) < 4.78 is 32.0. The summed E-state index contributed by atoms with van der Waals surface area (Å²) in [5.41, 5.74) is 1.60. The van der Waals surface area contributed by atoms with Crippen LogP contribution >= 0.6 is 0 Å². The average molecular weight is 269 g/mol. The molecule has 0 aromatic carbocycles. The second-order valence-corrected chi connectivity index (χ2v) is 5.86. The summed E-state index contributed by atoms with van der Waals surface area (Å²) in [4.78, 5) is 0.139. The molecule has 0 saturated carbocycles. The minimum absolute atomic E-state index is 0.139. The van der Waals surface area contributed by atoms with E-state index in [9.17, 15) is 8.42 Å². The lowest BCUT2D eigenvalue weighted by Crippen LogP contribution is -2.14. The van der Waals surface area contributed by atoms with Crippen LogP contribution in [0.2, 0.25) is 0 Å². The lowest BCUT2D eigenvalue weighted by atomic mass is 10.3. The Labute approximate surface area is 105 Å². The predicted octanol–water partition coefficient (Wildman–Crippen LogP) is 2.04. The van der Waals surface area contributed by atoms with Gasteiger partial charge in [-0.3, -0.25) is 9.82 Å². The molecular formula is C11H15N3O3S. The highest BCUT2D eigenvalue weighted by atomic mass is 32.2. The summed E-state index contributed by atoms with van der Waals surface area (Å²) in [5.74, 6) is 1.23. The van der Waals surface area contributed by atoms with E-state index >= 15 is 0 Å². The molecule has 2 aromatic rings. The number of hydrogen-bond acceptors (Lipinski definition) is 4. The molecule has 0 aliphatic heterocycles. The largest absolute Gasteiger partial charge is 0.465 e. The van der Waals surface area contributed by atoms with Gasteiger partial charge < -0.3 is 4.42 Å². The molecule has 0 spiro atoms. The zero-order valence-corrected chi connectivity index (χ0v) is 11.5. The van der Waals surface area contributed by atoms with E-state index in [2.05, 4.69) is 14.9 Å². The van der Waals surface area contributed by atoms with Crippen molar-refractivity contribution in [2.75, 3.05) is 4.72 Å². The number of aromatic nitrogens is 2. The molecule has 2 rings (SSSR count). The molecule has 0 atom stereocenters. The first-order valence-corrected chi connectivity index (χ1v) is 6.91. The molecule has 2 aromatic heterocycles. The lowest BCUT2D eigenvalue weighted by molar-refractivity contribution is 0.496. The van der Waals surface area contributed by atoms with Crippen LogP contribution in [0, 0.1) is 27.7 Å². The Balaban J connectivity index is 2.39. The van der Waals surface area contributed by atoms with Crippen molar-refractivity contribution < 1.29 is 12.8 Å². The summed E-state index contributed by atoms with van der Waals surface area (Å²) in [6.07, 6.45) is 0. The monoisotopic (exact) mass is 269 g/mol. The first-order valence-electron chi connectivity index (χ1n) is 5.42. The Morgan fingerprint density at radius 3 is 2.39 bits per heavy atom. The fraction of sp³-hybridized carbons (Fsp3) is 0.364. The van der Waals surface area contributed by atoms with Gasteiger partial charge in [0.15, 0.2) is 5.82 Å². The summed E-state index contributed by atoms with van der Waals surface area (Å²) in [7, 11) is -3.66. The van der Waals surface area contributed by atoms with Crippen LogP contribution in [0.15, 0.2) is 15.4 Å². The molecule has 2 N–H and O–H groups in total. The van der Waals surface area contributed by atoms with Crippen LogP contribution in [0.1, 0.15) is 22.8 Å². The van der Waals surface area contributed by atoms with Gasteiger partial charge >= 0.3 is 0 Å². The molecule has 6 nitrogen and oxygen atoms in total. The van der Waals surface area contributed by atoms with Crippen molar-refractivity contribution in [1.82, 2.24) is 10.2 Å². The highest BCUT2D eigenvalue weighted by molar-refractivity contribution is 7.92. The van der Waals surface area contributed by atoms with Crippen LogP contribution < -0.4 is 4.72 Å². The Hall–Kier alpha value is -1.76. The van der Waals surface area contributed by atoms with E-state index in [4.69, 9.17) is 4.42 Å². The summed E-state index contributed by atoms with van der Waals surface area (Å²) >= 11 is 0. The predicted molar refractivity (Wildman–Crippen MR) is 67.1 cm³/mol. The molecule has 0 amide bonds. The molecule has 0 radical (unpaired) electrons. The van der Waals surface area contributed by atoms with E-state index in [1.807, 2.05) is 6.92 Å². The smallest absolute Gasteiger partial charge is 0.266 e. The number of sulfonamides is 1. The fourth-order valence-corrected chi connectivity index (χ4v) is 2.95. The molecule has 2 heterocycles. The molecule has 0 fully saturated rings. The number of rotatable bonds is 3. The molecule has 0 bridgehead atoms. The van der Waals surface area contributed by atoms with Crippen molar-refractivity contribution in [3.05, 3.63) is 28.8 Å². The first kappa shape index (κ1) is 12.7. The molecule has 0 unspecified atom stereocenters. The van der Waals surface area contributed by atoms with Gasteiger partial charge in [-0.05, 0) is 27.7 Å². The number of furan rings is 1. The van der Waals surface area contributed by atoms with Crippen LogP contribution in [0.5, 0.6) is 0 Å². The number of aryl methyl sites for hydroxylation is 3. The van der Waals surface area contributed by atoms with Crippen molar-refractivity contribution >= 4 is 15.8 Å². The molecule has 0 aliphatic rings. The van der Waals surface area contributed by atoms with Crippen molar-refractivity contribution in [3.8, 4) is 0 Å². The van der Waals surface area contributed by atoms with Gasteiger partial charge in [-0.25, -0.2) is 8.42 Å². The van der Waals surface area contributed by atoms with Crippen molar-refractivity contribution in [1.29, 1.82) is 0 Å². The van der Waals surface area contributed by atoms with E-state index in [1.54, 1.807) is 20.8 Å². The van der Waals surface area contributed by atoms with Gasteiger partial charge in [0.2, 0.25) is 0 Å². The van der Waals surface area contributed by atoms with Crippen LogP contribution in [0.3, 0.4) is 0 Å². The number of hydrogen-bond donors (Lipinski definition) is 2. The highest BCUT2D eigenvalue weighted by Crippen LogP contribution is 2.23. The number of nitrogens with one attached hydrogen (secondary N) is 2. The van der Waals surface area contributed by atoms with Gasteiger partial charge in [0.1, 0.15) is 16.4 Å². The van der Waals surface area contributed by atoms with Crippen molar-refractivity contribution in [2.45, 2.75) is 32.6 Å². The fourth-order valence-electron chi connectivity index (χ4n) is 1.64. The highest BCUT2D eigenvalue weighted by Gasteiger charge is 2.22. The van der Waals surface area contributed by atoms with Crippen molar-refractivity contribution in [3.63, 3.8) is 0 Å². The van der Waals surface area contributed by atoms with Gasteiger partial charge in [0.05, 0.1) is 0 Å². The summed E-state index contributed by atoms with van der Waals surface area (Å²) in [6.45, 7) is 6.94. The molecule has 18 heavy (non-hydrogen) atoms. The average Bonchev–Trinajstić information content (AvgIpc) is 2.75. The number of anilines is 1. The van der Waals surface area contributed by atoms with Gasteiger partial charge in [0.25, 0.3) is 10.0 Å². The standard InChI is InChI=1S/C11H15N3O3S/c1-6-5-10(9(4)17-6)18(15,16)14-11-7(2)8(3)12-13-11/h5H,1-4H3,(H2,12,13,14). The molecule has 98 valence electrons. The topological polar surface area (TPSA) is 88.0 Å². The third-order valence-electron chi connectivity index (χ3n) is 2.77. The Morgan fingerprint density at radius 1 is 1.28 bits per heavy atom. The van der Waals surface area contributed by atoms with E-state index in [1.165, 1.54) is 6.07 Å². The van der Waals surface area contributed by atoms with E-state index in [-0.39, 0.29) is 4.90 Å².